The van der Waals surface area contributed by atoms with Crippen LogP contribution in [0.25, 0.3) is 0 Å². The first-order chi connectivity index (χ1) is 5.17. The zero-order valence-electron chi connectivity index (χ0n) is 6.84. The van der Waals surface area contributed by atoms with Crippen molar-refractivity contribution in [2.24, 2.45) is 0 Å². The third kappa shape index (κ3) is 2.17. The molecule has 1 N–H and O–H groups in total. The Morgan fingerprint density at radius 3 is 2.36 bits per heavy atom. The van der Waals surface area contributed by atoms with Crippen molar-refractivity contribution in [3.8, 4) is 0 Å². The van der Waals surface area contributed by atoms with Crippen molar-refractivity contribution in [2.45, 2.75) is 25.0 Å². The van der Waals surface area contributed by atoms with Gasteiger partial charge in [-0.15, -0.1) is 0 Å². The van der Waals surface area contributed by atoms with Crippen LogP contribution in [0, 0.1) is 0 Å². The highest BCUT2D eigenvalue weighted by Crippen LogP contribution is 2.13. The molecule has 1 rings (SSSR count). The zero-order valence-corrected chi connectivity index (χ0v) is 7.65. The minimum Gasteiger partial charge on any atom is -0.317 e. The van der Waals surface area contributed by atoms with E-state index < -0.39 is 9.84 Å². The first kappa shape index (κ1) is 9.00. The Morgan fingerprint density at radius 1 is 1.36 bits per heavy atom. The first-order valence-electron chi connectivity index (χ1n) is 4.09. The van der Waals surface area contributed by atoms with E-state index in [4.69, 9.17) is 0 Å². The van der Waals surface area contributed by atoms with Crippen LogP contribution < -0.4 is 5.32 Å². The number of rotatable bonds is 2. The van der Waals surface area contributed by atoms with Crippen molar-refractivity contribution in [2.75, 3.05) is 18.8 Å². The van der Waals surface area contributed by atoms with Crippen LogP contribution in [0.15, 0.2) is 0 Å². The molecule has 0 atom stereocenters. The van der Waals surface area contributed by atoms with Gasteiger partial charge in [0.05, 0.1) is 5.25 Å². The minimum absolute atomic E-state index is 0.0752. The zero-order chi connectivity index (χ0) is 8.32. The van der Waals surface area contributed by atoms with Gasteiger partial charge in [0.25, 0.3) is 0 Å². The van der Waals surface area contributed by atoms with Gasteiger partial charge in [-0.2, -0.15) is 0 Å². The Hall–Kier alpha value is -0.0900. The molecule has 1 fully saturated rings. The molecule has 0 aromatic carbocycles. The average Bonchev–Trinajstić information content (AvgIpc) is 2.06. The van der Waals surface area contributed by atoms with Crippen molar-refractivity contribution in [3.63, 3.8) is 0 Å². The van der Waals surface area contributed by atoms with Gasteiger partial charge < -0.3 is 5.32 Å². The molecule has 11 heavy (non-hydrogen) atoms. The molecule has 1 saturated heterocycles. The van der Waals surface area contributed by atoms with E-state index in [1.165, 1.54) is 0 Å². The summed E-state index contributed by atoms with van der Waals surface area (Å²) < 4.78 is 22.7. The summed E-state index contributed by atoms with van der Waals surface area (Å²) in [5.41, 5.74) is 0. The average molecular weight is 177 g/mol. The van der Waals surface area contributed by atoms with Crippen LogP contribution in [0.1, 0.15) is 19.8 Å². The molecule has 1 aliphatic heterocycles. The molecule has 1 aliphatic rings. The van der Waals surface area contributed by atoms with Crippen LogP contribution in [-0.4, -0.2) is 32.5 Å². The van der Waals surface area contributed by atoms with Crippen molar-refractivity contribution >= 4 is 9.84 Å². The Kier molecular flexibility index (Phi) is 2.90. The molecular formula is C7H15NO2S. The van der Waals surface area contributed by atoms with Gasteiger partial charge in [-0.3, -0.25) is 0 Å². The van der Waals surface area contributed by atoms with Gasteiger partial charge in [0, 0.05) is 5.75 Å². The maximum atomic E-state index is 11.3. The lowest BCUT2D eigenvalue weighted by molar-refractivity contribution is 0.497. The number of hydrogen-bond donors (Lipinski definition) is 1. The lowest BCUT2D eigenvalue weighted by atomic mass is 10.2. The monoisotopic (exact) mass is 177 g/mol. The molecule has 0 radical (unpaired) electrons. The summed E-state index contributed by atoms with van der Waals surface area (Å²) in [6.07, 6.45) is 1.58. The van der Waals surface area contributed by atoms with Gasteiger partial charge in [-0.05, 0) is 25.9 Å². The number of nitrogens with one attached hydrogen (secondary N) is 1. The summed E-state index contributed by atoms with van der Waals surface area (Å²) in [7, 11) is -2.76. The Balaban J connectivity index is 2.58. The normalized spacial score (nSPS) is 21.9. The van der Waals surface area contributed by atoms with E-state index in [9.17, 15) is 8.42 Å². The predicted molar refractivity (Wildman–Crippen MR) is 45.4 cm³/mol. The summed E-state index contributed by atoms with van der Waals surface area (Å²) in [4.78, 5) is 0. The smallest absolute Gasteiger partial charge is 0.152 e. The predicted octanol–water partition coefficient (Wildman–Crippen LogP) is 0.173. The lowest BCUT2D eigenvalue weighted by Gasteiger charge is -2.21. The maximum absolute atomic E-state index is 11.3. The highest BCUT2D eigenvalue weighted by atomic mass is 32.2. The summed E-state index contributed by atoms with van der Waals surface area (Å²) in [6, 6.07) is 0. The van der Waals surface area contributed by atoms with E-state index >= 15 is 0 Å². The molecule has 3 nitrogen and oxygen atoms in total. The second-order valence-electron chi connectivity index (χ2n) is 2.90. The highest BCUT2D eigenvalue weighted by Gasteiger charge is 2.24. The van der Waals surface area contributed by atoms with Crippen LogP contribution in [0.3, 0.4) is 0 Å². The van der Waals surface area contributed by atoms with Crippen molar-refractivity contribution < 1.29 is 8.42 Å². The van der Waals surface area contributed by atoms with Crippen molar-refractivity contribution in [1.82, 2.24) is 5.32 Å². The molecule has 0 aromatic rings. The van der Waals surface area contributed by atoms with Gasteiger partial charge in [0.1, 0.15) is 0 Å². The molecule has 66 valence electrons. The topological polar surface area (TPSA) is 46.2 Å². The standard InChI is InChI=1S/C7H15NO2S/c1-2-11(9,10)7-3-5-8-6-4-7/h7-8H,2-6H2,1H3. The molecule has 4 heteroatoms. The van der Waals surface area contributed by atoms with E-state index in [2.05, 4.69) is 5.32 Å². The summed E-state index contributed by atoms with van der Waals surface area (Å²) >= 11 is 0. The van der Waals surface area contributed by atoms with Crippen LogP contribution >= 0.6 is 0 Å². The summed E-state index contributed by atoms with van der Waals surface area (Å²) in [5.74, 6) is 0.289. The Labute approximate surface area is 68.1 Å². The van der Waals surface area contributed by atoms with Crippen LogP contribution in [-0.2, 0) is 9.84 Å². The second-order valence-corrected chi connectivity index (χ2v) is 5.47. The van der Waals surface area contributed by atoms with E-state index in [1.54, 1.807) is 6.92 Å². The quantitative estimate of drug-likeness (QED) is 0.654. The number of hydrogen-bond acceptors (Lipinski definition) is 3. The Bertz CT molecular complexity index is 204. The summed E-state index contributed by atoms with van der Waals surface area (Å²) in [6.45, 7) is 3.42. The molecule has 0 amide bonds. The fourth-order valence-electron chi connectivity index (χ4n) is 1.39. The fourth-order valence-corrected chi connectivity index (χ4v) is 2.82. The van der Waals surface area contributed by atoms with Gasteiger partial charge in [-0.25, -0.2) is 8.42 Å². The number of sulfone groups is 1. The van der Waals surface area contributed by atoms with Gasteiger partial charge in [0.2, 0.25) is 0 Å². The molecule has 0 saturated carbocycles. The third-order valence-electron chi connectivity index (χ3n) is 2.20. The van der Waals surface area contributed by atoms with Gasteiger partial charge >= 0.3 is 0 Å². The van der Waals surface area contributed by atoms with E-state index in [0.29, 0.717) is 0 Å². The van der Waals surface area contributed by atoms with E-state index in [1.807, 2.05) is 0 Å². The van der Waals surface area contributed by atoms with Crippen LogP contribution in [0.5, 0.6) is 0 Å². The molecule has 1 heterocycles. The molecular weight excluding hydrogens is 162 g/mol. The van der Waals surface area contributed by atoms with Crippen molar-refractivity contribution in [3.05, 3.63) is 0 Å². The Morgan fingerprint density at radius 2 is 1.91 bits per heavy atom. The SMILES string of the molecule is CCS(=O)(=O)C1CCNCC1. The molecule has 0 aromatic heterocycles. The van der Waals surface area contributed by atoms with Gasteiger partial charge in [-0.1, -0.05) is 6.92 Å². The van der Waals surface area contributed by atoms with Crippen LogP contribution in [0.2, 0.25) is 0 Å². The van der Waals surface area contributed by atoms with Gasteiger partial charge in [0.15, 0.2) is 9.84 Å². The number of piperidine rings is 1. The largest absolute Gasteiger partial charge is 0.317 e. The van der Waals surface area contributed by atoms with E-state index in [-0.39, 0.29) is 11.0 Å². The minimum atomic E-state index is -2.76. The molecule has 0 unspecified atom stereocenters. The second kappa shape index (κ2) is 3.54. The third-order valence-corrected chi connectivity index (χ3v) is 4.49. The van der Waals surface area contributed by atoms with E-state index in [0.717, 1.165) is 25.9 Å². The summed E-state index contributed by atoms with van der Waals surface area (Å²) in [5, 5.41) is 3.07. The maximum Gasteiger partial charge on any atom is 0.152 e. The first-order valence-corrected chi connectivity index (χ1v) is 5.80. The lowest BCUT2D eigenvalue weighted by Crippen LogP contribution is -2.36. The molecule has 0 bridgehead atoms. The fraction of sp³-hybridized carbons (Fsp3) is 1.00. The van der Waals surface area contributed by atoms with Crippen molar-refractivity contribution in [1.29, 1.82) is 0 Å². The molecule has 0 spiro atoms. The van der Waals surface area contributed by atoms with Crippen LogP contribution in [0.4, 0.5) is 0 Å². The highest BCUT2D eigenvalue weighted by molar-refractivity contribution is 7.92. The molecule has 0 aliphatic carbocycles.